The van der Waals surface area contributed by atoms with Gasteiger partial charge in [0.1, 0.15) is 6.33 Å². The van der Waals surface area contributed by atoms with Crippen molar-refractivity contribution < 1.29 is 0 Å². The fourth-order valence-electron chi connectivity index (χ4n) is 3.71. The molecule has 27 heavy (non-hydrogen) atoms. The smallest absolute Gasteiger partial charge is 0.204 e. The predicted molar refractivity (Wildman–Crippen MR) is 109 cm³/mol. The van der Waals surface area contributed by atoms with Crippen LogP contribution in [0.5, 0.6) is 0 Å². The van der Waals surface area contributed by atoms with Gasteiger partial charge in [-0.05, 0) is 42.8 Å². The Balaban J connectivity index is 1.48. The van der Waals surface area contributed by atoms with Crippen molar-refractivity contribution in [2.75, 3.05) is 36.0 Å². The molecule has 1 fully saturated rings. The number of rotatable bonds is 2. The Labute approximate surface area is 162 Å². The standard InChI is InChI=1S/C20H19ClN6/c1-14-5-6-17-18(11-14)27-13-22-24-20(27)19(23-17)26-9-7-25(8-10-26)16-4-2-3-15(21)12-16/h2-6,11-13H,7-10H2,1H3. The zero-order valence-corrected chi connectivity index (χ0v) is 15.8. The first-order valence-electron chi connectivity index (χ1n) is 9.04. The molecule has 7 heteroatoms. The van der Waals surface area contributed by atoms with Crippen LogP contribution in [-0.4, -0.2) is 45.8 Å². The molecule has 0 radical (unpaired) electrons. The van der Waals surface area contributed by atoms with Crippen molar-refractivity contribution in [2.24, 2.45) is 0 Å². The molecule has 0 aliphatic carbocycles. The van der Waals surface area contributed by atoms with Crippen LogP contribution in [0, 0.1) is 6.92 Å². The molecule has 1 aliphatic heterocycles. The van der Waals surface area contributed by atoms with Crippen LogP contribution in [0.1, 0.15) is 5.56 Å². The molecule has 5 rings (SSSR count). The molecule has 0 unspecified atom stereocenters. The van der Waals surface area contributed by atoms with Gasteiger partial charge in [0.25, 0.3) is 0 Å². The summed E-state index contributed by atoms with van der Waals surface area (Å²) in [5.74, 6) is 0.898. The summed E-state index contributed by atoms with van der Waals surface area (Å²) < 4.78 is 2.04. The van der Waals surface area contributed by atoms with Crippen molar-refractivity contribution in [2.45, 2.75) is 6.92 Å². The molecule has 0 bridgehead atoms. The molecule has 1 saturated heterocycles. The van der Waals surface area contributed by atoms with E-state index in [1.165, 1.54) is 5.56 Å². The first-order valence-corrected chi connectivity index (χ1v) is 9.42. The lowest BCUT2D eigenvalue weighted by Crippen LogP contribution is -2.47. The van der Waals surface area contributed by atoms with E-state index in [1.807, 2.05) is 22.6 Å². The van der Waals surface area contributed by atoms with Gasteiger partial charge in [0, 0.05) is 36.9 Å². The molecule has 4 aromatic rings. The molecule has 136 valence electrons. The van der Waals surface area contributed by atoms with Gasteiger partial charge >= 0.3 is 0 Å². The summed E-state index contributed by atoms with van der Waals surface area (Å²) in [4.78, 5) is 9.57. The van der Waals surface area contributed by atoms with E-state index in [2.05, 4.69) is 51.2 Å². The topological polar surface area (TPSA) is 49.6 Å². The second kappa shape index (κ2) is 6.39. The van der Waals surface area contributed by atoms with Crippen molar-refractivity contribution in [1.29, 1.82) is 0 Å². The third-order valence-corrected chi connectivity index (χ3v) is 5.35. The van der Waals surface area contributed by atoms with E-state index in [4.69, 9.17) is 16.6 Å². The first-order chi connectivity index (χ1) is 13.2. The second-order valence-electron chi connectivity index (χ2n) is 6.91. The van der Waals surface area contributed by atoms with Crippen LogP contribution < -0.4 is 9.80 Å². The van der Waals surface area contributed by atoms with Crippen LogP contribution in [0.25, 0.3) is 16.7 Å². The van der Waals surface area contributed by atoms with Gasteiger partial charge in [0.2, 0.25) is 5.65 Å². The van der Waals surface area contributed by atoms with Gasteiger partial charge < -0.3 is 9.80 Å². The number of aryl methyl sites for hydroxylation is 1. The number of hydrogen-bond acceptors (Lipinski definition) is 5. The average Bonchev–Trinajstić information content (AvgIpc) is 3.18. The summed E-state index contributed by atoms with van der Waals surface area (Å²) in [6.07, 6.45) is 1.77. The highest BCUT2D eigenvalue weighted by Gasteiger charge is 2.22. The zero-order chi connectivity index (χ0) is 18.4. The highest BCUT2D eigenvalue weighted by atomic mass is 35.5. The normalized spacial score (nSPS) is 15.0. The second-order valence-corrected chi connectivity index (χ2v) is 7.34. The van der Waals surface area contributed by atoms with E-state index >= 15 is 0 Å². The molecule has 2 aromatic heterocycles. The molecular formula is C20H19ClN6. The van der Waals surface area contributed by atoms with Crippen LogP contribution in [0.3, 0.4) is 0 Å². The molecule has 0 amide bonds. The number of piperazine rings is 1. The summed E-state index contributed by atoms with van der Waals surface area (Å²) in [5, 5.41) is 9.24. The molecule has 6 nitrogen and oxygen atoms in total. The van der Waals surface area contributed by atoms with Crippen molar-refractivity contribution in [3.05, 3.63) is 59.4 Å². The molecule has 0 N–H and O–H groups in total. The van der Waals surface area contributed by atoms with E-state index in [9.17, 15) is 0 Å². The highest BCUT2D eigenvalue weighted by Crippen LogP contribution is 2.26. The third kappa shape index (κ3) is 2.86. The number of fused-ring (bicyclic) bond motifs is 3. The van der Waals surface area contributed by atoms with Gasteiger partial charge in [-0.3, -0.25) is 4.40 Å². The third-order valence-electron chi connectivity index (χ3n) is 5.12. The molecule has 0 atom stereocenters. The fraction of sp³-hybridized carbons (Fsp3) is 0.250. The van der Waals surface area contributed by atoms with Crippen LogP contribution in [0.4, 0.5) is 11.5 Å². The Kier molecular flexibility index (Phi) is 3.86. The Morgan fingerprint density at radius 1 is 0.963 bits per heavy atom. The number of aromatic nitrogens is 4. The van der Waals surface area contributed by atoms with Crippen LogP contribution in [0.2, 0.25) is 5.02 Å². The Morgan fingerprint density at radius 2 is 1.78 bits per heavy atom. The maximum atomic E-state index is 6.14. The lowest BCUT2D eigenvalue weighted by molar-refractivity contribution is 0.648. The van der Waals surface area contributed by atoms with Crippen LogP contribution in [-0.2, 0) is 0 Å². The maximum Gasteiger partial charge on any atom is 0.204 e. The average molecular weight is 379 g/mol. The van der Waals surface area contributed by atoms with Gasteiger partial charge in [-0.25, -0.2) is 4.98 Å². The first kappa shape index (κ1) is 16.3. The van der Waals surface area contributed by atoms with Gasteiger partial charge in [0.15, 0.2) is 5.82 Å². The number of anilines is 2. The molecular weight excluding hydrogens is 360 g/mol. The van der Waals surface area contributed by atoms with Gasteiger partial charge in [0.05, 0.1) is 11.0 Å². The minimum absolute atomic E-state index is 0.770. The largest absolute Gasteiger partial charge is 0.368 e. The number of benzene rings is 2. The minimum Gasteiger partial charge on any atom is -0.368 e. The van der Waals surface area contributed by atoms with Crippen molar-refractivity contribution >= 4 is 39.8 Å². The monoisotopic (exact) mass is 378 g/mol. The summed E-state index contributed by atoms with van der Waals surface area (Å²) in [5.41, 5.74) is 5.17. The molecule has 3 heterocycles. The fourth-order valence-corrected chi connectivity index (χ4v) is 3.89. The summed E-state index contributed by atoms with van der Waals surface area (Å²) in [7, 11) is 0. The number of nitrogens with zero attached hydrogens (tertiary/aromatic N) is 6. The molecule has 2 aromatic carbocycles. The van der Waals surface area contributed by atoms with Gasteiger partial charge in [-0.1, -0.05) is 23.7 Å². The van der Waals surface area contributed by atoms with Crippen molar-refractivity contribution in [1.82, 2.24) is 19.6 Å². The van der Waals surface area contributed by atoms with E-state index in [1.54, 1.807) is 6.33 Å². The van der Waals surface area contributed by atoms with E-state index in [0.717, 1.165) is 59.4 Å². The molecule has 0 saturated carbocycles. The van der Waals surface area contributed by atoms with Gasteiger partial charge in [-0.15, -0.1) is 10.2 Å². The summed E-state index contributed by atoms with van der Waals surface area (Å²) in [6.45, 7) is 5.65. The number of hydrogen-bond donors (Lipinski definition) is 0. The zero-order valence-electron chi connectivity index (χ0n) is 15.0. The minimum atomic E-state index is 0.770. The van der Waals surface area contributed by atoms with Gasteiger partial charge in [-0.2, -0.15) is 0 Å². The van der Waals surface area contributed by atoms with Crippen LogP contribution >= 0.6 is 11.6 Å². The highest BCUT2D eigenvalue weighted by molar-refractivity contribution is 6.30. The Hall–Kier alpha value is -2.86. The van der Waals surface area contributed by atoms with Crippen molar-refractivity contribution in [3.8, 4) is 0 Å². The lowest BCUT2D eigenvalue weighted by atomic mass is 10.2. The maximum absolute atomic E-state index is 6.14. The van der Waals surface area contributed by atoms with E-state index in [0.29, 0.717) is 0 Å². The summed E-state index contributed by atoms with van der Waals surface area (Å²) >= 11 is 6.14. The van der Waals surface area contributed by atoms with E-state index in [-0.39, 0.29) is 0 Å². The van der Waals surface area contributed by atoms with Crippen molar-refractivity contribution in [3.63, 3.8) is 0 Å². The van der Waals surface area contributed by atoms with Crippen LogP contribution in [0.15, 0.2) is 48.8 Å². The predicted octanol–water partition coefficient (Wildman–Crippen LogP) is 3.57. The Morgan fingerprint density at radius 3 is 2.59 bits per heavy atom. The summed E-state index contributed by atoms with van der Waals surface area (Å²) in [6, 6.07) is 14.3. The molecule has 1 aliphatic rings. The number of halogens is 1. The quantitative estimate of drug-likeness (QED) is 0.533. The lowest BCUT2D eigenvalue weighted by Gasteiger charge is -2.36. The van der Waals surface area contributed by atoms with E-state index < -0.39 is 0 Å². The Bertz CT molecular complexity index is 1130. The SMILES string of the molecule is Cc1ccc2nc(N3CCN(c4cccc(Cl)c4)CC3)c3nncn3c2c1. The molecule has 0 spiro atoms.